The average Bonchev–Trinajstić information content (AvgIpc) is 2.96. The fourth-order valence-corrected chi connectivity index (χ4v) is 2.56. The number of nitrogens with two attached hydrogens (primary N) is 1. The minimum atomic E-state index is -4.59. The second kappa shape index (κ2) is 7.65. The minimum absolute atomic E-state index is 0.104. The van der Waals surface area contributed by atoms with Crippen LogP contribution < -0.4 is 16.0 Å². The first-order chi connectivity index (χ1) is 11.3. The van der Waals surface area contributed by atoms with E-state index in [4.69, 9.17) is 5.73 Å². The van der Waals surface area contributed by atoms with Crippen molar-refractivity contribution in [2.24, 2.45) is 5.73 Å². The SMILES string of the molecule is NCCCCNC(=O)c1cc(N2CCCC2=O)cc(C(F)(F)F)c1. The highest BCUT2D eigenvalue weighted by molar-refractivity contribution is 5.99. The van der Waals surface area contributed by atoms with Crippen LogP contribution in [-0.2, 0) is 11.0 Å². The molecule has 0 aliphatic carbocycles. The minimum Gasteiger partial charge on any atom is -0.352 e. The number of halogens is 3. The third-order valence-electron chi connectivity index (χ3n) is 3.81. The Hall–Kier alpha value is -2.09. The standard InChI is InChI=1S/C16H20F3N3O2/c17-16(18,19)12-8-11(15(24)21-6-2-1-5-20)9-13(10-12)22-7-3-4-14(22)23/h8-10H,1-7,20H2,(H,21,24). The molecule has 0 unspecified atom stereocenters. The summed E-state index contributed by atoms with van der Waals surface area (Å²) in [4.78, 5) is 25.2. The predicted molar refractivity (Wildman–Crippen MR) is 83.7 cm³/mol. The highest BCUT2D eigenvalue weighted by atomic mass is 19.4. The van der Waals surface area contributed by atoms with Gasteiger partial charge >= 0.3 is 6.18 Å². The zero-order chi connectivity index (χ0) is 17.7. The molecule has 1 aromatic rings. The first kappa shape index (κ1) is 18.3. The van der Waals surface area contributed by atoms with Crippen molar-refractivity contribution >= 4 is 17.5 Å². The van der Waals surface area contributed by atoms with E-state index in [0.29, 0.717) is 38.9 Å². The number of carbonyl (C=O) groups excluding carboxylic acids is 2. The van der Waals surface area contributed by atoms with Crippen LogP contribution in [0.1, 0.15) is 41.6 Å². The first-order valence-corrected chi connectivity index (χ1v) is 7.84. The van der Waals surface area contributed by atoms with Gasteiger partial charge in [-0.25, -0.2) is 0 Å². The lowest BCUT2D eigenvalue weighted by Gasteiger charge is -2.19. The molecule has 1 saturated heterocycles. The van der Waals surface area contributed by atoms with Crippen molar-refractivity contribution in [3.63, 3.8) is 0 Å². The quantitative estimate of drug-likeness (QED) is 0.778. The average molecular weight is 343 g/mol. The van der Waals surface area contributed by atoms with Gasteiger partial charge in [-0.15, -0.1) is 0 Å². The van der Waals surface area contributed by atoms with E-state index in [1.165, 1.54) is 11.0 Å². The zero-order valence-corrected chi connectivity index (χ0v) is 13.2. The highest BCUT2D eigenvalue weighted by Crippen LogP contribution is 2.34. The van der Waals surface area contributed by atoms with Gasteiger partial charge in [-0.1, -0.05) is 0 Å². The second-order valence-corrected chi connectivity index (χ2v) is 5.67. The molecule has 1 aromatic carbocycles. The van der Waals surface area contributed by atoms with Crippen LogP contribution in [0, 0.1) is 0 Å². The van der Waals surface area contributed by atoms with Crippen molar-refractivity contribution in [1.82, 2.24) is 5.32 Å². The van der Waals surface area contributed by atoms with Crippen LogP contribution >= 0.6 is 0 Å². The van der Waals surface area contributed by atoms with Gasteiger partial charge in [0.05, 0.1) is 5.56 Å². The fourth-order valence-electron chi connectivity index (χ4n) is 2.56. The van der Waals surface area contributed by atoms with Crippen molar-refractivity contribution in [3.8, 4) is 0 Å². The smallest absolute Gasteiger partial charge is 0.352 e. The Morgan fingerprint density at radius 2 is 2.00 bits per heavy atom. The van der Waals surface area contributed by atoms with Crippen LogP contribution in [0.3, 0.4) is 0 Å². The zero-order valence-electron chi connectivity index (χ0n) is 13.2. The number of amides is 2. The third kappa shape index (κ3) is 4.47. The van der Waals surface area contributed by atoms with E-state index >= 15 is 0 Å². The molecule has 132 valence electrons. The molecule has 0 radical (unpaired) electrons. The molecule has 1 fully saturated rings. The summed E-state index contributed by atoms with van der Waals surface area (Å²) in [6.45, 7) is 1.18. The van der Waals surface area contributed by atoms with E-state index < -0.39 is 17.6 Å². The summed E-state index contributed by atoms with van der Waals surface area (Å²) < 4.78 is 39.3. The molecular weight excluding hydrogens is 323 g/mol. The monoisotopic (exact) mass is 343 g/mol. The van der Waals surface area contributed by atoms with E-state index in [9.17, 15) is 22.8 Å². The summed E-state index contributed by atoms with van der Waals surface area (Å²) in [5.41, 5.74) is 4.42. The molecule has 1 heterocycles. The van der Waals surface area contributed by atoms with Gasteiger partial charge in [-0.05, 0) is 44.0 Å². The number of benzene rings is 1. The lowest BCUT2D eigenvalue weighted by Crippen LogP contribution is -2.27. The van der Waals surface area contributed by atoms with Crippen molar-refractivity contribution in [1.29, 1.82) is 0 Å². The van der Waals surface area contributed by atoms with E-state index in [2.05, 4.69) is 5.32 Å². The number of rotatable bonds is 6. The number of anilines is 1. The maximum Gasteiger partial charge on any atom is 0.416 e. The fraction of sp³-hybridized carbons (Fsp3) is 0.500. The van der Waals surface area contributed by atoms with E-state index in [1.54, 1.807) is 0 Å². The van der Waals surface area contributed by atoms with Crippen molar-refractivity contribution in [2.45, 2.75) is 31.9 Å². The molecule has 24 heavy (non-hydrogen) atoms. The molecule has 0 spiro atoms. The van der Waals surface area contributed by atoms with Crippen molar-refractivity contribution < 1.29 is 22.8 Å². The Kier molecular flexibility index (Phi) is 5.82. The molecule has 1 aliphatic rings. The lowest BCUT2D eigenvalue weighted by atomic mass is 10.1. The third-order valence-corrected chi connectivity index (χ3v) is 3.81. The van der Waals surface area contributed by atoms with Gasteiger partial charge in [-0.3, -0.25) is 9.59 Å². The molecule has 0 bridgehead atoms. The number of hydrogen-bond acceptors (Lipinski definition) is 3. The van der Waals surface area contributed by atoms with Gasteiger partial charge in [0.25, 0.3) is 5.91 Å². The van der Waals surface area contributed by atoms with E-state index in [-0.39, 0.29) is 17.2 Å². The molecule has 0 atom stereocenters. The van der Waals surface area contributed by atoms with E-state index in [0.717, 1.165) is 18.6 Å². The topological polar surface area (TPSA) is 75.4 Å². The molecule has 3 N–H and O–H groups in total. The second-order valence-electron chi connectivity index (χ2n) is 5.67. The molecule has 0 aromatic heterocycles. The molecule has 2 rings (SSSR count). The number of carbonyl (C=O) groups is 2. The maximum absolute atomic E-state index is 13.1. The summed E-state index contributed by atoms with van der Waals surface area (Å²) in [6.07, 6.45) is -2.32. The normalized spacial score (nSPS) is 15.0. The largest absolute Gasteiger partial charge is 0.416 e. The van der Waals surface area contributed by atoms with Crippen molar-refractivity contribution in [2.75, 3.05) is 24.5 Å². The van der Waals surface area contributed by atoms with E-state index in [1.807, 2.05) is 0 Å². The summed E-state index contributed by atoms with van der Waals surface area (Å²) in [7, 11) is 0. The number of nitrogens with zero attached hydrogens (tertiary/aromatic N) is 1. The summed E-state index contributed by atoms with van der Waals surface area (Å²) in [5, 5.41) is 2.58. The van der Waals surface area contributed by atoms with Crippen LogP contribution in [0.2, 0.25) is 0 Å². The van der Waals surface area contributed by atoms with Crippen LogP contribution in [-0.4, -0.2) is 31.4 Å². The van der Waals surface area contributed by atoms with Crippen LogP contribution in [0.25, 0.3) is 0 Å². The Balaban J connectivity index is 2.26. The molecule has 8 heteroatoms. The number of hydrogen-bond donors (Lipinski definition) is 2. The summed E-state index contributed by atoms with van der Waals surface area (Å²) in [6, 6.07) is 3.05. The molecular formula is C16H20F3N3O2. The predicted octanol–water partition coefficient (Wildman–Crippen LogP) is 2.30. The van der Waals surface area contributed by atoms with Crippen LogP contribution in [0.5, 0.6) is 0 Å². The number of alkyl halides is 3. The molecule has 2 amide bonds. The van der Waals surface area contributed by atoms with Crippen LogP contribution in [0.4, 0.5) is 18.9 Å². The van der Waals surface area contributed by atoms with Crippen LogP contribution in [0.15, 0.2) is 18.2 Å². The van der Waals surface area contributed by atoms with Gasteiger partial charge in [0.2, 0.25) is 5.91 Å². The van der Waals surface area contributed by atoms with Crippen molar-refractivity contribution in [3.05, 3.63) is 29.3 Å². The lowest BCUT2D eigenvalue weighted by molar-refractivity contribution is -0.137. The van der Waals surface area contributed by atoms with Gasteiger partial charge in [0, 0.05) is 30.8 Å². The highest BCUT2D eigenvalue weighted by Gasteiger charge is 2.33. The Morgan fingerprint density at radius 3 is 2.58 bits per heavy atom. The number of nitrogens with one attached hydrogen (secondary N) is 1. The maximum atomic E-state index is 13.1. The molecule has 1 aliphatic heterocycles. The Labute approximate surface area is 138 Å². The van der Waals surface area contributed by atoms with Gasteiger partial charge < -0.3 is 16.0 Å². The van der Waals surface area contributed by atoms with Gasteiger partial charge in [0.1, 0.15) is 0 Å². The first-order valence-electron chi connectivity index (χ1n) is 7.84. The van der Waals surface area contributed by atoms with Gasteiger partial charge in [-0.2, -0.15) is 13.2 Å². The molecule has 0 saturated carbocycles. The summed E-state index contributed by atoms with van der Waals surface area (Å²) >= 11 is 0. The Bertz CT molecular complexity index is 617. The Morgan fingerprint density at radius 1 is 1.25 bits per heavy atom. The number of unbranched alkanes of at least 4 members (excludes halogenated alkanes) is 1. The molecule has 5 nitrogen and oxygen atoms in total. The summed E-state index contributed by atoms with van der Waals surface area (Å²) in [5.74, 6) is -0.824. The van der Waals surface area contributed by atoms with Gasteiger partial charge in [0.15, 0.2) is 0 Å².